The zero-order valence-corrected chi connectivity index (χ0v) is 18.2. The van der Waals surface area contributed by atoms with Crippen molar-refractivity contribution < 1.29 is 23.9 Å². The van der Waals surface area contributed by atoms with E-state index in [1.807, 2.05) is 37.3 Å². The van der Waals surface area contributed by atoms with Gasteiger partial charge < -0.3 is 14.8 Å². The van der Waals surface area contributed by atoms with Crippen molar-refractivity contribution in [2.45, 2.75) is 13.3 Å². The first-order valence-corrected chi connectivity index (χ1v) is 10.7. The molecule has 0 bridgehead atoms. The number of hydrogen-bond acceptors (Lipinski definition) is 6. The predicted octanol–water partition coefficient (Wildman–Crippen LogP) is 3.49. The molecule has 1 heterocycles. The highest BCUT2D eigenvalue weighted by atomic mass is 32.2. The highest BCUT2D eigenvalue weighted by Gasteiger charge is 2.34. The molecule has 31 heavy (non-hydrogen) atoms. The lowest BCUT2D eigenvalue weighted by atomic mass is 10.1. The summed E-state index contributed by atoms with van der Waals surface area (Å²) in [5.74, 6) is 0.632. The van der Waals surface area contributed by atoms with Gasteiger partial charge in [-0.25, -0.2) is 0 Å². The first-order chi connectivity index (χ1) is 15.0. The number of thioether (sulfide) groups is 1. The molecule has 0 saturated carbocycles. The van der Waals surface area contributed by atoms with Gasteiger partial charge in [0.2, 0.25) is 5.91 Å². The minimum Gasteiger partial charge on any atom is -0.493 e. The Hall–Kier alpha value is -3.26. The van der Waals surface area contributed by atoms with Crippen molar-refractivity contribution in [1.82, 2.24) is 10.2 Å². The van der Waals surface area contributed by atoms with Crippen LogP contribution in [0, 0.1) is 0 Å². The van der Waals surface area contributed by atoms with Crippen molar-refractivity contribution in [3.8, 4) is 11.5 Å². The Bertz CT molecular complexity index is 991. The van der Waals surface area contributed by atoms with Crippen LogP contribution in [-0.2, 0) is 16.0 Å². The van der Waals surface area contributed by atoms with E-state index < -0.39 is 0 Å². The SMILES string of the molecule is CCOc1ccc(/C=C2/SC(=O)N(CCNC(=O)Cc3ccccc3)C2=O)cc1OC. The number of carbonyl (C=O) groups is 3. The van der Waals surface area contributed by atoms with Crippen LogP contribution in [0.1, 0.15) is 18.1 Å². The molecule has 8 heteroatoms. The summed E-state index contributed by atoms with van der Waals surface area (Å²) in [6, 6.07) is 14.7. The second-order valence-corrected chi connectivity index (χ2v) is 7.68. The standard InChI is InChI=1S/C23H24N2O5S/c1-3-30-18-10-9-17(13-19(18)29-2)14-20-22(27)25(23(28)31-20)12-11-24-21(26)15-16-7-5-4-6-8-16/h4-10,13-14H,3,11-12,15H2,1-2H3,(H,24,26)/b20-14+. The van der Waals surface area contributed by atoms with Gasteiger partial charge in [0.05, 0.1) is 25.0 Å². The Morgan fingerprint density at radius 3 is 2.61 bits per heavy atom. The quantitative estimate of drug-likeness (QED) is 0.601. The molecule has 7 nitrogen and oxygen atoms in total. The van der Waals surface area contributed by atoms with E-state index in [1.54, 1.807) is 31.4 Å². The number of ether oxygens (including phenoxy) is 2. The van der Waals surface area contributed by atoms with Crippen LogP contribution in [0.3, 0.4) is 0 Å². The third-order valence-electron chi connectivity index (χ3n) is 4.52. The molecule has 1 saturated heterocycles. The van der Waals surface area contributed by atoms with Crippen LogP contribution in [0.25, 0.3) is 6.08 Å². The minimum atomic E-state index is -0.375. The van der Waals surface area contributed by atoms with E-state index in [2.05, 4.69) is 5.32 Å². The summed E-state index contributed by atoms with van der Waals surface area (Å²) in [5.41, 5.74) is 1.63. The number of methoxy groups -OCH3 is 1. The minimum absolute atomic E-state index is 0.120. The van der Waals surface area contributed by atoms with Gasteiger partial charge in [-0.1, -0.05) is 36.4 Å². The van der Waals surface area contributed by atoms with Crippen LogP contribution in [0.2, 0.25) is 0 Å². The number of amides is 3. The highest BCUT2D eigenvalue weighted by molar-refractivity contribution is 8.18. The molecule has 0 aliphatic carbocycles. The van der Waals surface area contributed by atoms with Crippen LogP contribution in [0.15, 0.2) is 53.4 Å². The van der Waals surface area contributed by atoms with Crippen LogP contribution >= 0.6 is 11.8 Å². The Balaban J connectivity index is 1.58. The number of nitrogens with one attached hydrogen (secondary N) is 1. The van der Waals surface area contributed by atoms with E-state index in [-0.39, 0.29) is 36.6 Å². The van der Waals surface area contributed by atoms with Crippen molar-refractivity contribution in [1.29, 1.82) is 0 Å². The second-order valence-electron chi connectivity index (χ2n) is 6.69. The third-order valence-corrected chi connectivity index (χ3v) is 5.43. The summed E-state index contributed by atoms with van der Waals surface area (Å²) in [5, 5.41) is 2.40. The van der Waals surface area contributed by atoms with E-state index in [9.17, 15) is 14.4 Å². The smallest absolute Gasteiger partial charge is 0.293 e. The van der Waals surface area contributed by atoms with E-state index >= 15 is 0 Å². The van der Waals surface area contributed by atoms with Gasteiger partial charge in [0.1, 0.15) is 0 Å². The summed E-state index contributed by atoms with van der Waals surface area (Å²) < 4.78 is 10.8. The molecule has 0 aromatic heterocycles. The fraction of sp³-hybridized carbons (Fsp3) is 0.261. The van der Waals surface area contributed by atoms with Gasteiger partial charge in [-0.2, -0.15) is 0 Å². The zero-order valence-electron chi connectivity index (χ0n) is 17.4. The van der Waals surface area contributed by atoms with Crippen LogP contribution in [0.5, 0.6) is 11.5 Å². The third kappa shape index (κ3) is 5.88. The molecule has 1 fully saturated rings. The fourth-order valence-corrected chi connectivity index (χ4v) is 3.91. The average Bonchev–Trinajstić information content (AvgIpc) is 3.03. The van der Waals surface area contributed by atoms with E-state index in [1.165, 1.54) is 0 Å². The largest absolute Gasteiger partial charge is 0.493 e. The molecule has 1 aliphatic rings. The Morgan fingerprint density at radius 2 is 1.90 bits per heavy atom. The van der Waals surface area contributed by atoms with Gasteiger partial charge in [0, 0.05) is 13.1 Å². The second kappa shape index (κ2) is 10.7. The zero-order chi connectivity index (χ0) is 22.2. The molecular formula is C23H24N2O5S. The molecule has 0 spiro atoms. The number of hydrogen-bond donors (Lipinski definition) is 1. The van der Waals surface area contributed by atoms with Crippen molar-refractivity contribution in [3.05, 3.63) is 64.6 Å². The van der Waals surface area contributed by atoms with Crippen LogP contribution < -0.4 is 14.8 Å². The van der Waals surface area contributed by atoms with Crippen molar-refractivity contribution in [2.75, 3.05) is 26.8 Å². The van der Waals surface area contributed by atoms with E-state index in [0.29, 0.717) is 23.0 Å². The molecule has 2 aromatic rings. The van der Waals surface area contributed by atoms with Crippen LogP contribution in [-0.4, -0.2) is 48.8 Å². The van der Waals surface area contributed by atoms with Gasteiger partial charge >= 0.3 is 0 Å². The summed E-state index contributed by atoms with van der Waals surface area (Å²) in [6.45, 7) is 2.72. The van der Waals surface area contributed by atoms with Gasteiger partial charge in [-0.15, -0.1) is 0 Å². The van der Waals surface area contributed by atoms with Crippen molar-refractivity contribution in [2.24, 2.45) is 0 Å². The van der Waals surface area contributed by atoms with Crippen LogP contribution in [0.4, 0.5) is 4.79 Å². The molecule has 3 rings (SSSR count). The van der Waals surface area contributed by atoms with Crippen molar-refractivity contribution >= 4 is 34.9 Å². The lowest BCUT2D eigenvalue weighted by Gasteiger charge is -2.13. The molecule has 162 valence electrons. The highest BCUT2D eigenvalue weighted by Crippen LogP contribution is 2.34. The maximum atomic E-state index is 12.7. The van der Waals surface area contributed by atoms with Gasteiger partial charge in [0.25, 0.3) is 11.1 Å². The Kier molecular flexibility index (Phi) is 7.72. The topological polar surface area (TPSA) is 84.9 Å². The number of imide groups is 1. The summed E-state index contributed by atoms with van der Waals surface area (Å²) >= 11 is 0.880. The van der Waals surface area contributed by atoms with E-state index in [4.69, 9.17) is 9.47 Å². The first kappa shape index (κ1) is 22.4. The maximum Gasteiger partial charge on any atom is 0.293 e. The molecule has 2 aromatic carbocycles. The van der Waals surface area contributed by atoms with E-state index in [0.717, 1.165) is 27.8 Å². The summed E-state index contributed by atoms with van der Waals surface area (Å²) in [7, 11) is 1.54. The van der Waals surface area contributed by atoms with Crippen molar-refractivity contribution in [3.63, 3.8) is 0 Å². The number of rotatable bonds is 9. The normalized spacial score (nSPS) is 14.8. The predicted molar refractivity (Wildman–Crippen MR) is 120 cm³/mol. The summed E-state index contributed by atoms with van der Waals surface area (Å²) in [4.78, 5) is 38.5. The van der Waals surface area contributed by atoms with Gasteiger partial charge in [-0.05, 0) is 48.0 Å². The molecule has 0 radical (unpaired) electrons. The molecule has 0 atom stereocenters. The Morgan fingerprint density at radius 1 is 1.13 bits per heavy atom. The molecule has 1 N–H and O–H groups in total. The Labute approximate surface area is 185 Å². The molecular weight excluding hydrogens is 416 g/mol. The molecule has 3 amide bonds. The summed E-state index contributed by atoms with van der Waals surface area (Å²) in [6.07, 6.45) is 1.90. The monoisotopic (exact) mass is 440 g/mol. The first-order valence-electron chi connectivity index (χ1n) is 9.88. The average molecular weight is 441 g/mol. The molecule has 0 unspecified atom stereocenters. The number of benzene rings is 2. The maximum absolute atomic E-state index is 12.7. The number of carbonyl (C=O) groups excluding carboxylic acids is 3. The molecule has 1 aliphatic heterocycles. The number of nitrogens with zero attached hydrogens (tertiary/aromatic N) is 1. The van der Waals surface area contributed by atoms with Gasteiger partial charge in [-0.3, -0.25) is 19.3 Å². The fourth-order valence-electron chi connectivity index (χ4n) is 3.04. The lowest BCUT2D eigenvalue weighted by Crippen LogP contribution is -2.37. The van der Waals surface area contributed by atoms with Gasteiger partial charge in [0.15, 0.2) is 11.5 Å². The lowest BCUT2D eigenvalue weighted by molar-refractivity contribution is -0.124.